The van der Waals surface area contributed by atoms with Gasteiger partial charge in [-0.2, -0.15) is 0 Å². The van der Waals surface area contributed by atoms with Crippen molar-refractivity contribution in [3.8, 4) is 11.5 Å². The summed E-state index contributed by atoms with van der Waals surface area (Å²) in [6.45, 7) is 8.74. The van der Waals surface area contributed by atoms with Crippen LogP contribution < -0.4 is 14.8 Å². The van der Waals surface area contributed by atoms with E-state index in [-0.39, 0.29) is 5.91 Å². The van der Waals surface area contributed by atoms with Gasteiger partial charge in [0, 0.05) is 31.7 Å². The zero-order chi connectivity index (χ0) is 20.5. The van der Waals surface area contributed by atoms with Crippen molar-refractivity contribution in [2.75, 3.05) is 40.0 Å². The highest BCUT2D eigenvalue weighted by molar-refractivity contribution is 5.94. The Morgan fingerprint density at radius 2 is 1.93 bits per heavy atom. The smallest absolute Gasteiger partial charge is 0.251 e. The third-order valence-corrected chi connectivity index (χ3v) is 4.84. The Balaban J connectivity index is 1.64. The summed E-state index contributed by atoms with van der Waals surface area (Å²) in [5.74, 6) is 0.951. The molecule has 2 aromatic carbocycles. The van der Waals surface area contributed by atoms with Crippen LogP contribution in [0.4, 0.5) is 0 Å². The van der Waals surface area contributed by atoms with E-state index in [1.54, 1.807) is 31.4 Å². The predicted octanol–water partition coefficient (Wildman–Crippen LogP) is 3.02. The molecule has 1 aliphatic heterocycles. The van der Waals surface area contributed by atoms with E-state index in [1.165, 1.54) is 5.56 Å². The molecular formula is C23H28N2O4. The van der Waals surface area contributed by atoms with E-state index < -0.39 is 0 Å². The summed E-state index contributed by atoms with van der Waals surface area (Å²) in [5.41, 5.74) is 2.86. The SMILES string of the molecule is C=CCOc1ccc(C(=O)NCc2ccccc2CN2CCOCC2)cc1OC. The highest BCUT2D eigenvalue weighted by atomic mass is 16.5. The average molecular weight is 396 g/mol. The lowest BCUT2D eigenvalue weighted by Crippen LogP contribution is -2.36. The predicted molar refractivity (Wildman–Crippen MR) is 112 cm³/mol. The van der Waals surface area contributed by atoms with Gasteiger partial charge in [0.2, 0.25) is 0 Å². The van der Waals surface area contributed by atoms with Gasteiger partial charge in [-0.05, 0) is 29.3 Å². The summed E-state index contributed by atoms with van der Waals surface area (Å²) in [4.78, 5) is 15.0. The molecule has 0 atom stereocenters. The van der Waals surface area contributed by atoms with Crippen LogP contribution in [-0.4, -0.2) is 50.8 Å². The second-order valence-corrected chi connectivity index (χ2v) is 6.81. The van der Waals surface area contributed by atoms with E-state index in [4.69, 9.17) is 14.2 Å². The molecule has 1 fully saturated rings. The van der Waals surface area contributed by atoms with Gasteiger partial charge in [0.05, 0.1) is 20.3 Å². The average Bonchev–Trinajstić information content (AvgIpc) is 2.77. The summed E-state index contributed by atoms with van der Waals surface area (Å²) in [7, 11) is 1.56. The van der Waals surface area contributed by atoms with Crippen molar-refractivity contribution in [3.05, 3.63) is 71.8 Å². The van der Waals surface area contributed by atoms with Crippen molar-refractivity contribution in [3.63, 3.8) is 0 Å². The number of carbonyl (C=O) groups excluding carboxylic acids is 1. The Bertz CT molecular complexity index is 831. The summed E-state index contributed by atoms with van der Waals surface area (Å²) in [6.07, 6.45) is 1.66. The maximum atomic E-state index is 12.7. The molecule has 0 aliphatic carbocycles. The fourth-order valence-corrected chi connectivity index (χ4v) is 3.24. The van der Waals surface area contributed by atoms with Gasteiger partial charge in [0.1, 0.15) is 6.61 Å². The van der Waals surface area contributed by atoms with Crippen molar-refractivity contribution in [1.82, 2.24) is 10.2 Å². The minimum absolute atomic E-state index is 0.153. The van der Waals surface area contributed by atoms with Gasteiger partial charge in [-0.15, -0.1) is 0 Å². The second kappa shape index (κ2) is 10.6. The number of nitrogens with one attached hydrogen (secondary N) is 1. The minimum atomic E-state index is -0.153. The lowest BCUT2D eigenvalue weighted by Gasteiger charge is -2.27. The van der Waals surface area contributed by atoms with Crippen LogP contribution in [0.15, 0.2) is 55.1 Å². The van der Waals surface area contributed by atoms with Crippen LogP contribution in [0.2, 0.25) is 0 Å². The van der Waals surface area contributed by atoms with Crippen LogP contribution >= 0.6 is 0 Å². The molecule has 1 saturated heterocycles. The lowest BCUT2D eigenvalue weighted by molar-refractivity contribution is 0.0340. The van der Waals surface area contributed by atoms with Crippen molar-refractivity contribution < 1.29 is 19.0 Å². The molecule has 2 aromatic rings. The number of carbonyl (C=O) groups is 1. The molecular weight excluding hydrogens is 368 g/mol. The molecule has 0 saturated carbocycles. The van der Waals surface area contributed by atoms with Gasteiger partial charge in [-0.25, -0.2) is 0 Å². The topological polar surface area (TPSA) is 60.0 Å². The molecule has 0 unspecified atom stereocenters. The van der Waals surface area contributed by atoms with Gasteiger partial charge in [0.15, 0.2) is 11.5 Å². The van der Waals surface area contributed by atoms with Crippen LogP contribution in [0.5, 0.6) is 11.5 Å². The van der Waals surface area contributed by atoms with Crippen molar-refractivity contribution in [1.29, 1.82) is 0 Å². The Morgan fingerprint density at radius 1 is 1.17 bits per heavy atom. The Morgan fingerprint density at radius 3 is 2.66 bits per heavy atom. The van der Waals surface area contributed by atoms with Gasteiger partial charge < -0.3 is 19.5 Å². The normalized spacial score (nSPS) is 14.2. The first-order valence-corrected chi connectivity index (χ1v) is 9.78. The van der Waals surface area contributed by atoms with Crippen LogP contribution in [0.3, 0.4) is 0 Å². The maximum absolute atomic E-state index is 12.7. The highest BCUT2D eigenvalue weighted by Crippen LogP contribution is 2.28. The summed E-state index contributed by atoms with van der Waals surface area (Å²) >= 11 is 0. The fraction of sp³-hybridized carbons (Fsp3) is 0.348. The maximum Gasteiger partial charge on any atom is 0.251 e. The second-order valence-electron chi connectivity index (χ2n) is 6.81. The first kappa shape index (κ1) is 20.9. The fourth-order valence-electron chi connectivity index (χ4n) is 3.24. The number of hydrogen-bond donors (Lipinski definition) is 1. The molecule has 0 bridgehead atoms. The van der Waals surface area contributed by atoms with Crippen LogP contribution in [0.25, 0.3) is 0 Å². The molecule has 154 valence electrons. The van der Waals surface area contributed by atoms with E-state index in [0.29, 0.717) is 30.2 Å². The zero-order valence-electron chi connectivity index (χ0n) is 16.9. The quantitative estimate of drug-likeness (QED) is 0.661. The third-order valence-electron chi connectivity index (χ3n) is 4.84. The molecule has 1 aliphatic rings. The number of amides is 1. The van der Waals surface area contributed by atoms with E-state index in [0.717, 1.165) is 38.4 Å². The molecule has 1 amide bonds. The van der Waals surface area contributed by atoms with Gasteiger partial charge in [-0.3, -0.25) is 9.69 Å². The van der Waals surface area contributed by atoms with E-state index in [9.17, 15) is 4.79 Å². The number of ether oxygens (including phenoxy) is 3. The van der Waals surface area contributed by atoms with E-state index >= 15 is 0 Å². The Hall–Kier alpha value is -2.83. The summed E-state index contributed by atoms with van der Waals surface area (Å²) in [5, 5.41) is 3.01. The molecule has 0 aromatic heterocycles. The molecule has 3 rings (SSSR count). The Labute approximate surface area is 172 Å². The monoisotopic (exact) mass is 396 g/mol. The zero-order valence-corrected chi connectivity index (χ0v) is 16.9. The van der Waals surface area contributed by atoms with Gasteiger partial charge in [-0.1, -0.05) is 36.9 Å². The van der Waals surface area contributed by atoms with Gasteiger partial charge >= 0.3 is 0 Å². The number of hydrogen-bond acceptors (Lipinski definition) is 5. The lowest BCUT2D eigenvalue weighted by atomic mass is 10.1. The number of methoxy groups -OCH3 is 1. The van der Waals surface area contributed by atoms with Crippen molar-refractivity contribution in [2.45, 2.75) is 13.1 Å². The number of benzene rings is 2. The largest absolute Gasteiger partial charge is 0.493 e. The van der Waals surface area contributed by atoms with Crippen LogP contribution in [-0.2, 0) is 17.8 Å². The van der Waals surface area contributed by atoms with E-state index in [1.807, 2.05) is 12.1 Å². The first-order chi connectivity index (χ1) is 14.2. The third kappa shape index (κ3) is 5.82. The molecule has 1 N–H and O–H groups in total. The minimum Gasteiger partial charge on any atom is -0.493 e. The molecule has 6 heteroatoms. The van der Waals surface area contributed by atoms with Gasteiger partial charge in [0.25, 0.3) is 5.91 Å². The number of morpholine rings is 1. The molecule has 0 radical (unpaired) electrons. The molecule has 1 heterocycles. The Kier molecular flexibility index (Phi) is 7.67. The molecule has 29 heavy (non-hydrogen) atoms. The number of nitrogens with zero attached hydrogens (tertiary/aromatic N) is 1. The summed E-state index contributed by atoms with van der Waals surface area (Å²) in [6, 6.07) is 13.4. The molecule has 0 spiro atoms. The van der Waals surface area contributed by atoms with Crippen molar-refractivity contribution >= 4 is 5.91 Å². The van der Waals surface area contributed by atoms with Crippen molar-refractivity contribution in [2.24, 2.45) is 0 Å². The number of rotatable bonds is 9. The van der Waals surface area contributed by atoms with E-state index in [2.05, 4.69) is 28.9 Å². The summed E-state index contributed by atoms with van der Waals surface area (Å²) < 4.78 is 16.3. The standard InChI is InChI=1S/C23H28N2O4/c1-3-12-29-21-9-8-18(15-22(21)27-2)23(26)24-16-19-6-4-5-7-20(19)17-25-10-13-28-14-11-25/h3-9,15H,1,10-14,16-17H2,2H3,(H,24,26). The molecule has 6 nitrogen and oxygen atoms in total. The highest BCUT2D eigenvalue weighted by Gasteiger charge is 2.14. The first-order valence-electron chi connectivity index (χ1n) is 9.78. The van der Waals surface area contributed by atoms with Crippen LogP contribution in [0, 0.1) is 0 Å². The van der Waals surface area contributed by atoms with Crippen LogP contribution in [0.1, 0.15) is 21.5 Å².